The molecule has 5 heteroatoms. The van der Waals surface area contributed by atoms with Gasteiger partial charge in [0.05, 0.1) is 4.92 Å². The third kappa shape index (κ3) is 1.44. The van der Waals surface area contributed by atoms with E-state index in [-0.39, 0.29) is 5.69 Å². The fraction of sp³-hybridized carbons (Fsp3) is 0.222. The molecule has 0 saturated heterocycles. The van der Waals surface area contributed by atoms with Gasteiger partial charge in [-0.3, -0.25) is 10.1 Å². The first-order chi connectivity index (χ1) is 6.65. The molecule has 0 saturated carbocycles. The largest absolute Gasteiger partial charge is 0.317 e. The number of rotatable bonds is 4. The summed E-state index contributed by atoms with van der Waals surface area (Å²) in [6.07, 6.45) is 3.34. The van der Waals surface area contributed by atoms with E-state index in [0.717, 1.165) is 0 Å². The normalized spacial score (nSPS) is 9.79. The van der Waals surface area contributed by atoms with Crippen molar-refractivity contribution < 1.29 is 4.92 Å². The van der Waals surface area contributed by atoms with Crippen LogP contribution in [0, 0.1) is 10.1 Å². The third-order valence-corrected chi connectivity index (χ3v) is 1.87. The Kier molecular flexibility index (Phi) is 2.81. The van der Waals surface area contributed by atoms with Crippen LogP contribution in [0.25, 0.3) is 12.3 Å². The van der Waals surface area contributed by atoms with Crippen LogP contribution in [-0.2, 0) is 6.42 Å². The average molecular weight is 193 g/mol. The molecule has 0 unspecified atom stereocenters. The van der Waals surface area contributed by atoms with E-state index in [2.05, 4.69) is 18.3 Å². The summed E-state index contributed by atoms with van der Waals surface area (Å²) in [4.78, 5) is 10.3. The van der Waals surface area contributed by atoms with E-state index < -0.39 is 4.92 Å². The zero-order valence-electron chi connectivity index (χ0n) is 7.93. The third-order valence-electron chi connectivity index (χ3n) is 1.87. The Balaban J connectivity index is 3.48. The first-order valence-corrected chi connectivity index (χ1v) is 4.16. The van der Waals surface area contributed by atoms with Gasteiger partial charge in [0.2, 0.25) is 0 Å². The zero-order chi connectivity index (χ0) is 10.7. The predicted octanol–water partition coefficient (Wildman–Crippen LogP) is 2.10. The Labute approximate surface area is 81.5 Å². The monoisotopic (exact) mass is 193 g/mol. The summed E-state index contributed by atoms with van der Waals surface area (Å²) < 4.78 is 1.37. The predicted molar refractivity (Wildman–Crippen MR) is 54.7 cm³/mol. The Morgan fingerprint density at radius 1 is 1.64 bits per heavy atom. The lowest BCUT2D eigenvalue weighted by Crippen LogP contribution is -1.93. The van der Waals surface area contributed by atoms with Gasteiger partial charge in [-0.2, -0.15) is 5.10 Å². The van der Waals surface area contributed by atoms with Crippen LogP contribution in [0.5, 0.6) is 0 Å². The first kappa shape index (κ1) is 10.2. The maximum absolute atomic E-state index is 10.8. The van der Waals surface area contributed by atoms with Crippen LogP contribution in [0.4, 0.5) is 5.69 Å². The van der Waals surface area contributed by atoms with Crippen LogP contribution < -0.4 is 0 Å². The molecule has 5 nitrogen and oxygen atoms in total. The van der Waals surface area contributed by atoms with Crippen molar-refractivity contribution >= 4 is 18.0 Å². The molecule has 1 aromatic heterocycles. The molecular weight excluding hydrogens is 182 g/mol. The standard InChI is InChI=1S/C9H11N3O2/c1-4-7-9(12(13)14)8(5-2)11(6-3)10-7/h5-6H,2-4H2,1H3. The summed E-state index contributed by atoms with van der Waals surface area (Å²) in [5.74, 6) is 0. The SMILES string of the molecule is C=Cc1c([N+](=O)[O-])c(CC)nn1C=C. The fourth-order valence-corrected chi connectivity index (χ4v) is 1.25. The molecule has 0 amide bonds. The second kappa shape index (κ2) is 3.87. The summed E-state index contributed by atoms with van der Waals surface area (Å²) in [5.41, 5.74) is 0.842. The minimum Gasteiger partial charge on any atom is -0.258 e. The van der Waals surface area contributed by atoms with Gasteiger partial charge in [0, 0.05) is 6.20 Å². The molecule has 0 radical (unpaired) electrons. The highest BCUT2D eigenvalue weighted by molar-refractivity contribution is 5.60. The smallest absolute Gasteiger partial charge is 0.258 e. The van der Waals surface area contributed by atoms with Crippen LogP contribution in [0.1, 0.15) is 18.3 Å². The van der Waals surface area contributed by atoms with E-state index in [1.54, 1.807) is 0 Å². The van der Waals surface area contributed by atoms with Crippen molar-refractivity contribution in [2.24, 2.45) is 0 Å². The molecule has 1 heterocycles. The molecule has 1 rings (SSSR count). The molecule has 0 aliphatic heterocycles. The summed E-state index contributed by atoms with van der Waals surface area (Å²) >= 11 is 0. The zero-order valence-corrected chi connectivity index (χ0v) is 7.93. The molecule has 0 fully saturated rings. The number of hydrogen-bond donors (Lipinski definition) is 0. The van der Waals surface area contributed by atoms with Crippen LogP contribution in [0.15, 0.2) is 13.2 Å². The van der Waals surface area contributed by atoms with Gasteiger partial charge in [-0.05, 0) is 12.5 Å². The molecule has 0 atom stereocenters. The Hall–Kier alpha value is -1.91. The van der Waals surface area contributed by atoms with Gasteiger partial charge in [-0.1, -0.05) is 20.1 Å². The first-order valence-electron chi connectivity index (χ1n) is 4.16. The van der Waals surface area contributed by atoms with E-state index in [1.807, 2.05) is 6.92 Å². The Bertz CT molecular complexity index is 393. The van der Waals surface area contributed by atoms with Gasteiger partial charge in [0.1, 0.15) is 11.4 Å². The molecule has 74 valence electrons. The number of nitrogens with zero attached hydrogens (tertiary/aromatic N) is 3. The topological polar surface area (TPSA) is 61.0 Å². The van der Waals surface area contributed by atoms with Crippen LogP contribution in [-0.4, -0.2) is 14.7 Å². The molecular formula is C9H11N3O2. The fourth-order valence-electron chi connectivity index (χ4n) is 1.25. The summed E-state index contributed by atoms with van der Waals surface area (Å²) in [5, 5.41) is 14.8. The van der Waals surface area contributed by atoms with Gasteiger partial charge in [0.15, 0.2) is 0 Å². The highest BCUT2D eigenvalue weighted by Crippen LogP contribution is 2.24. The van der Waals surface area contributed by atoms with Gasteiger partial charge >= 0.3 is 5.69 Å². The van der Waals surface area contributed by atoms with Crippen molar-refractivity contribution in [1.82, 2.24) is 9.78 Å². The molecule has 0 aliphatic carbocycles. The van der Waals surface area contributed by atoms with Gasteiger partial charge in [0.25, 0.3) is 0 Å². The second-order valence-corrected chi connectivity index (χ2v) is 2.62. The molecule has 1 aromatic rings. The average Bonchev–Trinajstić information content (AvgIpc) is 2.54. The van der Waals surface area contributed by atoms with Gasteiger partial charge in [-0.15, -0.1) is 0 Å². The minimum absolute atomic E-state index is 0.0161. The summed E-state index contributed by atoms with van der Waals surface area (Å²) in [6, 6.07) is 0. The van der Waals surface area contributed by atoms with E-state index in [0.29, 0.717) is 17.8 Å². The van der Waals surface area contributed by atoms with Gasteiger partial charge < -0.3 is 0 Å². The minimum atomic E-state index is -0.442. The molecule has 0 bridgehead atoms. The molecule has 0 N–H and O–H groups in total. The van der Waals surface area contributed by atoms with Crippen LogP contribution in [0.3, 0.4) is 0 Å². The van der Waals surface area contributed by atoms with Crippen molar-refractivity contribution in [3.8, 4) is 0 Å². The number of hydrogen-bond acceptors (Lipinski definition) is 3. The van der Waals surface area contributed by atoms with E-state index in [9.17, 15) is 10.1 Å². The molecule has 0 spiro atoms. The van der Waals surface area contributed by atoms with Crippen molar-refractivity contribution in [2.75, 3.05) is 0 Å². The van der Waals surface area contributed by atoms with Crippen LogP contribution in [0.2, 0.25) is 0 Å². The summed E-state index contributed by atoms with van der Waals surface area (Å²) in [7, 11) is 0. The lowest BCUT2D eigenvalue weighted by atomic mass is 10.2. The molecule has 0 aromatic carbocycles. The lowest BCUT2D eigenvalue weighted by Gasteiger charge is -1.92. The maximum Gasteiger partial charge on any atom is 0.317 e. The molecule has 0 aliphatic rings. The van der Waals surface area contributed by atoms with Crippen molar-refractivity contribution in [1.29, 1.82) is 0 Å². The Morgan fingerprint density at radius 2 is 2.29 bits per heavy atom. The van der Waals surface area contributed by atoms with Gasteiger partial charge in [-0.25, -0.2) is 4.68 Å². The number of aryl methyl sites for hydroxylation is 1. The maximum atomic E-state index is 10.8. The quantitative estimate of drug-likeness (QED) is 0.543. The highest BCUT2D eigenvalue weighted by Gasteiger charge is 2.23. The van der Waals surface area contributed by atoms with Crippen LogP contribution >= 0.6 is 0 Å². The second-order valence-electron chi connectivity index (χ2n) is 2.62. The Morgan fingerprint density at radius 3 is 2.64 bits per heavy atom. The van der Waals surface area contributed by atoms with Crippen molar-refractivity contribution in [3.63, 3.8) is 0 Å². The highest BCUT2D eigenvalue weighted by atomic mass is 16.6. The van der Waals surface area contributed by atoms with E-state index in [1.165, 1.54) is 17.0 Å². The van der Waals surface area contributed by atoms with E-state index in [4.69, 9.17) is 0 Å². The summed E-state index contributed by atoms with van der Waals surface area (Å²) in [6.45, 7) is 8.85. The van der Waals surface area contributed by atoms with Crippen molar-refractivity contribution in [2.45, 2.75) is 13.3 Å². The molecule has 14 heavy (non-hydrogen) atoms. The number of nitro groups is 1. The number of aromatic nitrogens is 2. The van der Waals surface area contributed by atoms with Crippen molar-refractivity contribution in [3.05, 3.63) is 34.7 Å². The van der Waals surface area contributed by atoms with E-state index >= 15 is 0 Å². The lowest BCUT2D eigenvalue weighted by molar-refractivity contribution is -0.385.